The molecule has 1 aromatic rings. The van der Waals surface area contributed by atoms with Gasteiger partial charge >= 0.3 is 12.0 Å². The Bertz CT molecular complexity index is 700. The molecule has 7 heteroatoms. The number of carbonyl (C=O) groups is 2. The largest absolute Gasteiger partial charge is 0.493 e. The standard InChI is InChI=1S/C18H23ClN2O4/c1-5-8-24-14-7-6-12(19)9-13(14)16-15(17(22)25-10(2)3)11(4)20-18(23)21-16/h6-7,9-10,16H,5,8H2,1-4H3,(H2,20,21,23). The molecule has 0 fully saturated rings. The number of ether oxygens (including phenoxy) is 2. The van der Waals surface area contributed by atoms with E-state index in [0.717, 1.165) is 6.42 Å². The van der Waals surface area contributed by atoms with E-state index in [1.807, 2.05) is 6.92 Å². The summed E-state index contributed by atoms with van der Waals surface area (Å²) >= 11 is 6.14. The molecule has 2 rings (SSSR count). The van der Waals surface area contributed by atoms with Crippen LogP contribution in [-0.2, 0) is 9.53 Å². The highest BCUT2D eigenvalue weighted by Crippen LogP contribution is 2.35. The minimum atomic E-state index is -0.703. The third kappa shape index (κ3) is 4.66. The highest BCUT2D eigenvalue weighted by atomic mass is 35.5. The Morgan fingerprint density at radius 1 is 1.36 bits per heavy atom. The first-order valence-electron chi connectivity index (χ1n) is 8.25. The van der Waals surface area contributed by atoms with Gasteiger partial charge in [-0.05, 0) is 45.4 Å². The van der Waals surface area contributed by atoms with Crippen molar-refractivity contribution in [2.75, 3.05) is 6.61 Å². The number of hydrogen-bond donors (Lipinski definition) is 2. The quantitative estimate of drug-likeness (QED) is 0.752. The number of urea groups is 1. The molecular weight excluding hydrogens is 344 g/mol. The van der Waals surface area contributed by atoms with Crippen molar-refractivity contribution in [3.63, 3.8) is 0 Å². The van der Waals surface area contributed by atoms with Crippen molar-refractivity contribution < 1.29 is 19.1 Å². The molecule has 136 valence electrons. The molecule has 0 bridgehead atoms. The molecule has 1 unspecified atom stereocenters. The molecule has 0 saturated carbocycles. The molecule has 1 aliphatic heterocycles. The van der Waals surface area contributed by atoms with Crippen molar-refractivity contribution in [2.45, 2.75) is 46.3 Å². The van der Waals surface area contributed by atoms with Gasteiger partial charge in [0.15, 0.2) is 0 Å². The molecule has 1 atom stereocenters. The van der Waals surface area contributed by atoms with E-state index in [0.29, 0.717) is 34.2 Å². The minimum Gasteiger partial charge on any atom is -0.493 e. The van der Waals surface area contributed by atoms with Crippen molar-refractivity contribution in [3.8, 4) is 5.75 Å². The van der Waals surface area contributed by atoms with Gasteiger partial charge in [-0.3, -0.25) is 0 Å². The molecular formula is C18H23ClN2O4. The van der Waals surface area contributed by atoms with Crippen LogP contribution in [-0.4, -0.2) is 24.7 Å². The topological polar surface area (TPSA) is 76.7 Å². The summed E-state index contributed by atoms with van der Waals surface area (Å²) in [7, 11) is 0. The first-order valence-corrected chi connectivity index (χ1v) is 8.62. The van der Waals surface area contributed by atoms with Crippen molar-refractivity contribution in [1.82, 2.24) is 10.6 Å². The average Bonchev–Trinajstić information content (AvgIpc) is 2.52. The van der Waals surface area contributed by atoms with E-state index in [1.54, 1.807) is 39.0 Å². The maximum Gasteiger partial charge on any atom is 0.338 e. The molecule has 2 N–H and O–H groups in total. The number of nitrogens with one attached hydrogen (secondary N) is 2. The summed E-state index contributed by atoms with van der Waals surface area (Å²) < 4.78 is 11.1. The van der Waals surface area contributed by atoms with Gasteiger partial charge in [-0.1, -0.05) is 18.5 Å². The van der Waals surface area contributed by atoms with Crippen LogP contribution in [0.3, 0.4) is 0 Å². The van der Waals surface area contributed by atoms with Crippen LogP contribution >= 0.6 is 11.6 Å². The lowest BCUT2D eigenvalue weighted by Crippen LogP contribution is -2.45. The van der Waals surface area contributed by atoms with Gasteiger partial charge < -0.3 is 20.1 Å². The monoisotopic (exact) mass is 366 g/mol. The fourth-order valence-corrected chi connectivity index (χ4v) is 2.74. The van der Waals surface area contributed by atoms with E-state index in [4.69, 9.17) is 21.1 Å². The third-order valence-electron chi connectivity index (χ3n) is 3.58. The van der Waals surface area contributed by atoms with Crippen molar-refractivity contribution in [3.05, 3.63) is 40.1 Å². The number of benzene rings is 1. The minimum absolute atomic E-state index is 0.277. The first-order chi connectivity index (χ1) is 11.8. The summed E-state index contributed by atoms with van der Waals surface area (Å²) in [6, 6.07) is 4.04. The second-order valence-corrected chi connectivity index (χ2v) is 6.49. The summed E-state index contributed by atoms with van der Waals surface area (Å²) in [4.78, 5) is 24.5. The van der Waals surface area contributed by atoms with Crippen LogP contribution in [0, 0.1) is 0 Å². The number of hydrogen-bond acceptors (Lipinski definition) is 4. The first kappa shape index (κ1) is 19.1. The summed E-state index contributed by atoms with van der Waals surface area (Å²) in [5.74, 6) is 0.0764. The Morgan fingerprint density at radius 2 is 2.08 bits per heavy atom. The van der Waals surface area contributed by atoms with Gasteiger partial charge in [0.1, 0.15) is 5.75 Å². The van der Waals surface area contributed by atoms with Gasteiger partial charge in [0.25, 0.3) is 0 Å². The normalized spacial score (nSPS) is 17.2. The molecule has 0 radical (unpaired) electrons. The lowest BCUT2D eigenvalue weighted by molar-refractivity contribution is -0.143. The molecule has 1 heterocycles. The second kappa shape index (κ2) is 8.25. The van der Waals surface area contributed by atoms with E-state index in [-0.39, 0.29) is 6.10 Å². The number of halogens is 1. The van der Waals surface area contributed by atoms with Gasteiger partial charge in [-0.25, -0.2) is 9.59 Å². The van der Waals surface area contributed by atoms with E-state index >= 15 is 0 Å². The molecule has 2 amide bonds. The SMILES string of the molecule is CCCOc1ccc(Cl)cc1C1NC(=O)NC(C)=C1C(=O)OC(C)C. The Morgan fingerprint density at radius 3 is 2.72 bits per heavy atom. The molecule has 0 saturated heterocycles. The lowest BCUT2D eigenvalue weighted by Gasteiger charge is -2.29. The Balaban J connectivity index is 2.50. The summed E-state index contributed by atoms with van der Waals surface area (Å²) in [5.41, 5.74) is 1.39. The summed E-state index contributed by atoms with van der Waals surface area (Å²) in [6.07, 6.45) is 0.554. The van der Waals surface area contributed by atoms with Gasteiger partial charge in [0.05, 0.1) is 24.3 Å². The van der Waals surface area contributed by atoms with E-state index in [1.165, 1.54) is 0 Å². The average molecular weight is 367 g/mol. The second-order valence-electron chi connectivity index (χ2n) is 6.05. The molecule has 0 spiro atoms. The van der Waals surface area contributed by atoms with E-state index < -0.39 is 18.0 Å². The van der Waals surface area contributed by atoms with Crippen LogP contribution in [0.25, 0.3) is 0 Å². The van der Waals surface area contributed by atoms with E-state index in [9.17, 15) is 9.59 Å². The van der Waals surface area contributed by atoms with Crippen molar-refractivity contribution >= 4 is 23.6 Å². The Labute approximate surface area is 152 Å². The van der Waals surface area contributed by atoms with Crippen molar-refractivity contribution in [2.24, 2.45) is 0 Å². The van der Waals surface area contributed by atoms with Gasteiger partial charge in [-0.15, -0.1) is 0 Å². The summed E-state index contributed by atoms with van der Waals surface area (Å²) in [6.45, 7) is 7.72. The van der Waals surface area contributed by atoms with Crippen LogP contribution in [0.5, 0.6) is 5.75 Å². The van der Waals surface area contributed by atoms with Gasteiger partial charge in [-0.2, -0.15) is 0 Å². The zero-order valence-corrected chi connectivity index (χ0v) is 15.6. The zero-order chi connectivity index (χ0) is 18.6. The highest BCUT2D eigenvalue weighted by Gasteiger charge is 2.34. The number of rotatable bonds is 6. The fourth-order valence-electron chi connectivity index (χ4n) is 2.56. The van der Waals surface area contributed by atoms with Crippen LogP contribution in [0.15, 0.2) is 29.5 Å². The predicted octanol–water partition coefficient (Wildman–Crippen LogP) is 3.71. The maximum atomic E-state index is 12.6. The predicted molar refractivity (Wildman–Crippen MR) is 95.6 cm³/mol. The molecule has 25 heavy (non-hydrogen) atoms. The number of amides is 2. The van der Waals surface area contributed by atoms with Crippen LogP contribution in [0.2, 0.25) is 5.02 Å². The van der Waals surface area contributed by atoms with Crippen molar-refractivity contribution in [1.29, 1.82) is 0 Å². The Kier molecular flexibility index (Phi) is 6.31. The van der Waals surface area contributed by atoms with Crippen LogP contribution < -0.4 is 15.4 Å². The van der Waals surface area contributed by atoms with Crippen LogP contribution in [0.4, 0.5) is 4.79 Å². The van der Waals surface area contributed by atoms with E-state index in [2.05, 4.69) is 10.6 Å². The summed E-state index contributed by atoms with van der Waals surface area (Å²) in [5, 5.41) is 5.87. The molecule has 1 aliphatic rings. The molecule has 6 nitrogen and oxygen atoms in total. The van der Waals surface area contributed by atoms with Crippen LogP contribution in [0.1, 0.15) is 45.7 Å². The zero-order valence-electron chi connectivity index (χ0n) is 14.8. The maximum absolute atomic E-state index is 12.6. The smallest absolute Gasteiger partial charge is 0.338 e. The number of esters is 1. The fraction of sp³-hybridized carbons (Fsp3) is 0.444. The number of allylic oxidation sites excluding steroid dienone is 1. The highest BCUT2D eigenvalue weighted by molar-refractivity contribution is 6.30. The number of carbonyl (C=O) groups excluding carboxylic acids is 2. The third-order valence-corrected chi connectivity index (χ3v) is 3.81. The Hall–Kier alpha value is -2.21. The van der Waals surface area contributed by atoms with Gasteiger partial charge in [0, 0.05) is 16.3 Å². The molecule has 1 aromatic carbocycles. The molecule has 0 aromatic heterocycles. The molecule has 0 aliphatic carbocycles. The van der Waals surface area contributed by atoms with Gasteiger partial charge in [0.2, 0.25) is 0 Å². The lowest BCUT2D eigenvalue weighted by atomic mass is 9.94.